The van der Waals surface area contributed by atoms with E-state index >= 15 is 4.39 Å². The van der Waals surface area contributed by atoms with Crippen molar-refractivity contribution in [2.45, 2.75) is 24.9 Å². The summed E-state index contributed by atoms with van der Waals surface area (Å²) in [5.41, 5.74) is 1.05. The standard InChI is InChI=1S/C27H28ClFN6O/c1-34(2)11-12-36-27-32-25-20(26(33-27)35-14-17-9-10-18(15-35)31-17)13-30-24(23(25)29)19-7-3-5-16-6-4-8-21(28)22(16)19/h3-8,13,17-18,31H,9-12,14-15H2,1-2H3/t17-,18+. The highest BCUT2D eigenvalue weighted by atomic mass is 35.5. The quantitative estimate of drug-likeness (QED) is 0.412. The molecule has 2 aliphatic rings. The van der Waals surface area contributed by atoms with E-state index in [0.29, 0.717) is 47.0 Å². The van der Waals surface area contributed by atoms with Gasteiger partial charge >= 0.3 is 6.01 Å². The summed E-state index contributed by atoms with van der Waals surface area (Å²) in [4.78, 5) is 18.1. The second kappa shape index (κ2) is 9.42. The first-order valence-corrected chi connectivity index (χ1v) is 12.7. The number of ether oxygens (including phenoxy) is 1. The Hall–Kier alpha value is -3.07. The molecule has 2 bridgehead atoms. The van der Waals surface area contributed by atoms with Crippen LogP contribution in [0.4, 0.5) is 10.2 Å². The molecule has 4 heterocycles. The van der Waals surface area contributed by atoms with Crippen molar-refractivity contribution in [3.8, 4) is 17.3 Å². The maximum atomic E-state index is 16.3. The molecule has 0 saturated carbocycles. The van der Waals surface area contributed by atoms with Gasteiger partial charge in [0.25, 0.3) is 0 Å². The molecular formula is C27H28ClFN6O. The molecule has 186 valence electrons. The summed E-state index contributed by atoms with van der Waals surface area (Å²) in [6.45, 7) is 2.72. The number of pyridine rings is 1. The fraction of sp³-hybridized carbons (Fsp3) is 0.370. The predicted molar refractivity (Wildman–Crippen MR) is 141 cm³/mol. The van der Waals surface area contributed by atoms with Gasteiger partial charge in [-0.1, -0.05) is 41.9 Å². The molecule has 0 radical (unpaired) electrons. The third-order valence-corrected chi connectivity index (χ3v) is 7.35. The van der Waals surface area contributed by atoms with E-state index in [-0.39, 0.29) is 17.2 Å². The zero-order chi connectivity index (χ0) is 24.8. The van der Waals surface area contributed by atoms with Crippen molar-refractivity contribution in [2.24, 2.45) is 0 Å². The highest BCUT2D eigenvalue weighted by Crippen LogP contribution is 2.38. The van der Waals surface area contributed by atoms with E-state index in [1.54, 1.807) is 6.20 Å². The summed E-state index contributed by atoms with van der Waals surface area (Å²) in [5.74, 6) is 0.172. The molecule has 2 saturated heterocycles. The first kappa shape index (κ1) is 23.3. The van der Waals surface area contributed by atoms with Gasteiger partial charge in [-0.15, -0.1) is 0 Å². The van der Waals surface area contributed by atoms with Crippen LogP contribution < -0.4 is 15.0 Å². The number of hydrogen-bond acceptors (Lipinski definition) is 7. The fourth-order valence-corrected chi connectivity index (χ4v) is 5.58. The van der Waals surface area contributed by atoms with E-state index in [1.165, 1.54) is 0 Å². The lowest BCUT2D eigenvalue weighted by atomic mass is 10.0. The van der Waals surface area contributed by atoms with Crippen LogP contribution in [0.25, 0.3) is 32.9 Å². The predicted octanol–water partition coefficient (Wildman–Crippen LogP) is 4.52. The molecule has 0 amide bonds. The SMILES string of the molecule is CN(C)CCOc1nc(N2C[C@H]3CC[C@@H](C2)N3)c2cnc(-c3cccc4cccc(Cl)c34)c(F)c2n1. The zero-order valence-corrected chi connectivity index (χ0v) is 21.1. The molecule has 4 aromatic rings. The number of hydrogen-bond donors (Lipinski definition) is 1. The van der Waals surface area contributed by atoms with Crippen LogP contribution in [0.2, 0.25) is 5.02 Å². The van der Waals surface area contributed by atoms with Gasteiger partial charge in [0.2, 0.25) is 0 Å². The van der Waals surface area contributed by atoms with Gasteiger partial charge in [0, 0.05) is 53.9 Å². The largest absolute Gasteiger partial charge is 0.462 e. The van der Waals surface area contributed by atoms with Crippen LogP contribution in [0.5, 0.6) is 6.01 Å². The van der Waals surface area contributed by atoms with Gasteiger partial charge < -0.3 is 19.9 Å². The molecule has 0 unspecified atom stereocenters. The van der Waals surface area contributed by atoms with Crippen molar-refractivity contribution < 1.29 is 9.13 Å². The third kappa shape index (κ3) is 4.23. The zero-order valence-electron chi connectivity index (χ0n) is 20.3. The maximum Gasteiger partial charge on any atom is 0.319 e. The number of anilines is 1. The van der Waals surface area contributed by atoms with Crippen LogP contribution in [-0.4, -0.2) is 72.3 Å². The van der Waals surface area contributed by atoms with Crippen molar-refractivity contribution in [3.05, 3.63) is 53.4 Å². The Kier molecular flexibility index (Phi) is 6.11. The number of nitrogens with one attached hydrogen (secondary N) is 1. The summed E-state index contributed by atoms with van der Waals surface area (Å²) < 4.78 is 22.2. The van der Waals surface area contributed by atoms with E-state index in [2.05, 4.69) is 20.2 Å². The Balaban J connectivity index is 1.50. The number of fused-ring (bicyclic) bond motifs is 4. The van der Waals surface area contributed by atoms with Gasteiger partial charge in [-0.3, -0.25) is 4.98 Å². The normalized spacial score (nSPS) is 19.5. The average molecular weight is 507 g/mol. The number of rotatable bonds is 6. The molecule has 0 spiro atoms. The fourth-order valence-electron chi connectivity index (χ4n) is 5.30. The van der Waals surface area contributed by atoms with E-state index < -0.39 is 5.82 Å². The van der Waals surface area contributed by atoms with Gasteiger partial charge in [0.1, 0.15) is 23.6 Å². The van der Waals surface area contributed by atoms with Crippen LogP contribution in [0, 0.1) is 5.82 Å². The number of aromatic nitrogens is 3. The Morgan fingerprint density at radius 3 is 2.61 bits per heavy atom. The van der Waals surface area contributed by atoms with Gasteiger partial charge in [-0.2, -0.15) is 9.97 Å². The van der Waals surface area contributed by atoms with Crippen molar-refractivity contribution in [1.82, 2.24) is 25.2 Å². The average Bonchev–Trinajstić information content (AvgIpc) is 3.21. The van der Waals surface area contributed by atoms with Crippen LogP contribution >= 0.6 is 11.6 Å². The first-order chi connectivity index (χ1) is 17.5. The molecule has 2 aromatic heterocycles. The Morgan fingerprint density at radius 1 is 1.11 bits per heavy atom. The Bertz CT molecular complexity index is 1430. The number of likely N-dealkylation sites (N-methyl/N-ethyl adjacent to an activating group) is 1. The number of nitrogens with zero attached hydrogens (tertiary/aromatic N) is 5. The molecule has 2 atom stereocenters. The van der Waals surface area contributed by atoms with E-state index in [1.807, 2.05) is 55.4 Å². The molecule has 2 aliphatic heterocycles. The van der Waals surface area contributed by atoms with Gasteiger partial charge in [-0.25, -0.2) is 4.39 Å². The summed E-state index contributed by atoms with van der Waals surface area (Å²) in [5, 5.41) is 6.47. The maximum absolute atomic E-state index is 16.3. The Morgan fingerprint density at radius 2 is 1.86 bits per heavy atom. The van der Waals surface area contributed by atoms with E-state index in [4.69, 9.17) is 21.3 Å². The van der Waals surface area contributed by atoms with Crippen LogP contribution in [-0.2, 0) is 0 Å². The molecule has 2 fully saturated rings. The monoisotopic (exact) mass is 506 g/mol. The molecule has 2 aromatic carbocycles. The van der Waals surface area contributed by atoms with Crippen molar-refractivity contribution in [1.29, 1.82) is 0 Å². The van der Waals surface area contributed by atoms with Crippen LogP contribution in [0.1, 0.15) is 12.8 Å². The Labute approximate surface area is 214 Å². The molecule has 0 aliphatic carbocycles. The topological polar surface area (TPSA) is 66.4 Å². The van der Waals surface area contributed by atoms with E-state index in [0.717, 1.165) is 36.7 Å². The van der Waals surface area contributed by atoms with Gasteiger partial charge in [0.05, 0.1) is 5.39 Å². The van der Waals surface area contributed by atoms with Crippen molar-refractivity contribution in [3.63, 3.8) is 0 Å². The minimum atomic E-state index is -0.501. The minimum Gasteiger partial charge on any atom is -0.462 e. The van der Waals surface area contributed by atoms with Gasteiger partial charge in [-0.05, 0) is 38.4 Å². The van der Waals surface area contributed by atoms with Gasteiger partial charge in [0.15, 0.2) is 5.82 Å². The lowest BCUT2D eigenvalue weighted by molar-refractivity contribution is 0.246. The smallest absolute Gasteiger partial charge is 0.319 e. The molecule has 1 N–H and O–H groups in total. The summed E-state index contributed by atoms with van der Waals surface area (Å²) in [6.07, 6.45) is 3.95. The number of piperazine rings is 1. The lowest BCUT2D eigenvalue weighted by Crippen LogP contribution is -2.51. The molecule has 7 nitrogen and oxygen atoms in total. The minimum absolute atomic E-state index is 0.178. The summed E-state index contributed by atoms with van der Waals surface area (Å²) >= 11 is 6.54. The second-order valence-electron chi connectivity index (χ2n) is 9.85. The number of halogens is 2. The first-order valence-electron chi connectivity index (χ1n) is 12.3. The summed E-state index contributed by atoms with van der Waals surface area (Å²) in [6, 6.07) is 12.3. The highest BCUT2D eigenvalue weighted by Gasteiger charge is 2.34. The number of benzene rings is 2. The molecule has 9 heteroatoms. The summed E-state index contributed by atoms with van der Waals surface area (Å²) in [7, 11) is 3.94. The molecular weight excluding hydrogens is 479 g/mol. The molecule has 36 heavy (non-hydrogen) atoms. The second-order valence-corrected chi connectivity index (χ2v) is 10.3. The highest BCUT2D eigenvalue weighted by molar-refractivity contribution is 6.36. The van der Waals surface area contributed by atoms with Crippen LogP contribution in [0.3, 0.4) is 0 Å². The molecule has 6 rings (SSSR count). The van der Waals surface area contributed by atoms with E-state index in [9.17, 15) is 0 Å². The van der Waals surface area contributed by atoms with Crippen molar-refractivity contribution in [2.75, 3.05) is 45.2 Å². The van der Waals surface area contributed by atoms with Crippen LogP contribution in [0.15, 0.2) is 42.6 Å². The third-order valence-electron chi connectivity index (χ3n) is 7.04. The van der Waals surface area contributed by atoms with Crippen molar-refractivity contribution >= 4 is 39.1 Å². The lowest BCUT2D eigenvalue weighted by Gasteiger charge is -2.34.